The molecule has 5 saturated carbocycles. The molecule has 0 heterocycles. The number of nitrogens with two attached hydrogens (primary N) is 1. The quantitative estimate of drug-likeness (QED) is 0.0410. The van der Waals surface area contributed by atoms with E-state index in [0.29, 0.717) is 19.3 Å². The van der Waals surface area contributed by atoms with Gasteiger partial charge in [-0.2, -0.15) is 35.0 Å². The third kappa shape index (κ3) is 14.2. The largest absolute Gasteiger partial charge is 1.00 e. The van der Waals surface area contributed by atoms with Crippen LogP contribution in [0.5, 0.6) is 0 Å². The van der Waals surface area contributed by atoms with Crippen molar-refractivity contribution >= 4 is 32.3 Å². The second-order valence-electron chi connectivity index (χ2n) is 15.2. The van der Waals surface area contributed by atoms with Crippen LogP contribution in [0, 0.1) is 11.8 Å². The van der Waals surface area contributed by atoms with Crippen LogP contribution in [-0.2, 0) is 43.8 Å². The Hall–Kier alpha value is 0.442. The predicted molar refractivity (Wildman–Crippen MR) is 187 cm³/mol. The zero-order chi connectivity index (χ0) is 39.2. The minimum atomic E-state index is -5.01. The van der Waals surface area contributed by atoms with Gasteiger partial charge in [-0.1, -0.05) is 0 Å². The van der Waals surface area contributed by atoms with E-state index in [0.717, 1.165) is 44.1 Å². The van der Waals surface area contributed by atoms with E-state index < -0.39 is 85.1 Å². The summed E-state index contributed by atoms with van der Waals surface area (Å²) in [7, 11) is -5.10. The molecule has 0 spiro atoms. The number of fused-ring (bicyclic) bond motifs is 1. The Morgan fingerprint density at radius 2 is 1.12 bits per heavy atom. The van der Waals surface area contributed by atoms with Crippen molar-refractivity contribution in [1.82, 2.24) is 0 Å². The van der Waals surface area contributed by atoms with Crippen molar-refractivity contribution in [3.63, 3.8) is 0 Å². The van der Waals surface area contributed by atoms with Gasteiger partial charge in [0.1, 0.15) is 6.04 Å². The monoisotopic (exact) mass is 847 g/mol. The molecular weight excluding hydrogens is 795 g/mol. The number of hydrogen-bond acceptors (Lipinski definition) is 21. The van der Waals surface area contributed by atoms with E-state index in [1.165, 1.54) is 14.2 Å². The van der Waals surface area contributed by atoms with Crippen LogP contribution in [0.2, 0.25) is 0 Å². The molecule has 20 nitrogen and oxygen atoms in total. The molecule has 0 aliphatic heterocycles. The Balaban J connectivity index is 0.00000374. The number of aliphatic hydroxyl groups is 1. The second-order valence-corrected chi connectivity index (χ2v) is 19.3. The van der Waals surface area contributed by atoms with Gasteiger partial charge in [0.2, 0.25) is 0 Å². The van der Waals surface area contributed by atoms with Crippen LogP contribution >= 0.6 is 12.0 Å². The maximum atomic E-state index is 12.4. The van der Waals surface area contributed by atoms with Gasteiger partial charge in [-0.15, -0.1) is 0 Å². The second kappa shape index (κ2) is 24.3. The van der Waals surface area contributed by atoms with Gasteiger partial charge in [0, 0.05) is 57.5 Å². The number of hydrogen-bond donors (Lipinski definition) is 2. The summed E-state index contributed by atoms with van der Waals surface area (Å²) in [5.41, 5.74) is 6.02. The van der Waals surface area contributed by atoms with E-state index in [1.54, 1.807) is 7.11 Å². The first-order chi connectivity index (χ1) is 25.7. The first kappa shape index (κ1) is 53.6. The first-order valence-electron chi connectivity index (χ1n) is 18.4. The average Bonchev–Trinajstić information content (AvgIpc) is 3.14. The molecule has 0 radical (unpaired) electrons. The van der Waals surface area contributed by atoms with Crippen LogP contribution in [0.3, 0.4) is 0 Å². The van der Waals surface area contributed by atoms with E-state index in [1.807, 2.05) is 0 Å². The summed E-state index contributed by atoms with van der Waals surface area (Å²) < 4.78 is 94.4. The number of rotatable bonds is 14. The van der Waals surface area contributed by atoms with Crippen LogP contribution in [0.25, 0.3) is 0 Å². The zero-order valence-corrected chi connectivity index (χ0v) is 36.0. The van der Waals surface area contributed by atoms with Gasteiger partial charge < -0.3 is 39.4 Å². The Bertz CT molecular complexity index is 1540. The molecule has 0 aromatic carbocycles. The van der Waals surface area contributed by atoms with Gasteiger partial charge >= 0.3 is 56.6 Å². The Morgan fingerprint density at radius 3 is 1.67 bits per heavy atom. The summed E-state index contributed by atoms with van der Waals surface area (Å²) in [6.07, 6.45) is 2.95. The molecule has 57 heavy (non-hydrogen) atoms. The fraction of sp³-hybridized carbons (Fsp3) is 1.00. The molecule has 14 atom stereocenters. The Labute approximate surface area is 375 Å². The molecule has 0 amide bonds. The number of ether oxygens (including phenoxy) is 3. The number of nitrogens with zero attached hydrogens (tertiary/aromatic N) is 6. The van der Waals surface area contributed by atoms with Crippen molar-refractivity contribution in [2.24, 2.45) is 48.3 Å². The minimum Gasteiger partial charge on any atom is -0.748 e. The number of methoxy groups -OCH3 is 3. The normalized spacial score (nSPS) is 40.6. The van der Waals surface area contributed by atoms with E-state index >= 15 is 0 Å². The van der Waals surface area contributed by atoms with Crippen molar-refractivity contribution in [3.8, 4) is 0 Å². The van der Waals surface area contributed by atoms with Gasteiger partial charge in [0.15, 0.2) is 0 Å². The molecule has 5 fully saturated rings. The number of aliphatic hydroxyl groups excluding tert-OH is 1. The first-order valence-corrected chi connectivity index (χ1v) is 22.1. The van der Waals surface area contributed by atoms with Crippen molar-refractivity contribution in [3.05, 3.63) is 0 Å². The van der Waals surface area contributed by atoms with E-state index in [-0.39, 0.29) is 112 Å². The predicted octanol–water partition coefficient (Wildman–Crippen LogP) is -7.65. The molecular formula is C31H52Li3N7O13S3. The fourth-order valence-electron chi connectivity index (χ4n) is 8.95. The molecule has 0 bridgehead atoms. The summed E-state index contributed by atoms with van der Waals surface area (Å²) in [5, 5.41) is 49.2. The van der Waals surface area contributed by atoms with Crippen LogP contribution in [-0.4, -0.2) is 135 Å². The van der Waals surface area contributed by atoms with Gasteiger partial charge in [-0.05, 0) is 76.0 Å². The van der Waals surface area contributed by atoms with Crippen molar-refractivity contribution < 1.29 is 116 Å². The molecule has 5 aliphatic carbocycles. The van der Waals surface area contributed by atoms with Gasteiger partial charge in [-0.25, -0.2) is 16.8 Å². The van der Waals surface area contributed by atoms with E-state index in [9.17, 15) is 36.3 Å². The summed E-state index contributed by atoms with van der Waals surface area (Å²) in [5.74, 6) is -1.40. The van der Waals surface area contributed by atoms with Crippen molar-refractivity contribution in [2.45, 2.75) is 160 Å². The van der Waals surface area contributed by atoms with Gasteiger partial charge in [0.25, 0.3) is 0 Å². The molecule has 0 aromatic heterocycles. The third-order valence-corrected chi connectivity index (χ3v) is 15.4. The zero-order valence-electron chi connectivity index (χ0n) is 33.6. The van der Waals surface area contributed by atoms with Crippen molar-refractivity contribution in [2.75, 3.05) is 21.3 Å². The summed E-state index contributed by atoms with van der Waals surface area (Å²) in [6.45, 7) is 0. The average molecular weight is 848 g/mol. The Morgan fingerprint density at radius 1 is 0.632 bits per heavy atom. The number of azo groups is 3. The van der Waals surface area contributed by atoms with Crippen LogP contribution in [0.4, 0.5) is 0 Å². The maximum Gasteiger partial charge on any atom is 1.00 e. The molecule has 14 unspecified atom stereocenters. The van der Waals surface area contributed by atoms with Gasteiger partial charge in [-0.3, -0.25) is 5.04 Å². The maximum absolute atomic E-state index is 12.4. The SMILES string of the molecule is COC1CC(N=NC2CCC(SOO[O-])CC2)CCC1N=NC1CC(OC)C(N=NC2C(O)C3CC(N)C(S(=O)(=O)[O-])CC3CC2S(=O)(=O)[O-])CC1OC.[Li+].[Li+].[Li+]. The summed E-state index contributed by atoms with van der Waals surface area (Å²) in [4.78, 5) is 0. The van der Waals surface area contributed by atoms with Crippen LogP contribution in [0.1, 0.15) is 77.0 Å². The van der Waals surface area contributed by atoms with Crippen LogP contribution in [0.15, 0.2) is 30.7 Å². The molecule has 3 N–H and O–H groups in total. The molecule has 0 saturated heterocycles. The fourth-order valence-corrected chi connectivity index (χ4v) is 11.6. The van der Waals surface area contributed by atoms with E-state index in [2.05, 4.69) is 40.1 Å². The molecule has 310 valence electrons. The molecule has 26 heteroatoms. The van der Waals surface area contributed by atoms with Gasteiger partial charge in [0.05, 0.1) is 85.4 Å². The molecule has 5 aliphatic rings. The minimum absolute atomic E-state index is 0. The Kier molecular flexibility index (Phi) is 22.9. The van der Waals surface area contributed by atoms with Crippen LogP contribution < -0.4 is 67.6 Å². The third-order valence-electron chi connectivity index (χ3n) is 12.0. The molecule has 5 rings (SSSR count). The standard InChI is InChI=1S/C31H55N7O13S3.3Li/c1-47-25-12-18(34-33-17-4-7-19(8-5-17)52-51-50-40)6-9-22(25)35-36-23-14-27(49-3)24(15-26(23)48-2)37-38-30-29(54(44,45)46)11-16-10-28(53(41,42)43)21(32)13-20(16)31(30)39;;;/h16-31,39-40H,4-15,32H2,1-3H3,(H,41,42,43)(H,44,45,46);;;/q;3*+1/p-3. The summed E-state index contributed by atoms with van der Waals surface area (Å²) in [6, 6.07) is -3.57. The van der Waals surface area contributed by atoms with E-state index in [4.69, 9.17) is 19.9 Å². The topological polar surface area (TPSA) is 304 Å². The smallest absolute Gasteiger partial charge is 0.748 e. The molecule has 0 aromatic rings. The summed E-state index contributed by atoms with van der Waals surface area (Å²) >= 11 is 1.05. The van der Waals surface area contributed by atoms with Crippen molar-refractivity contribution in [1.29, 1.82) is 0 Å².